The van der Waals surface area contributed by atoms with Gasteiger partial charge in [-0.2, -0.15) is 0 Å². The maximum atomic E-state index is 5.45. The van der Waals surface area contributed by atoms with Crippen molar-refractivity contribution in [3.05, 3.63) is 59.7 Å². The summed E-state index contributed by atoms with van der Waals surface area (Å²) in [6, 6.07) is 17.4. The van der Waals surface area contributed by atoms with Crippen LogP contribution in [0.3, 0.4) is 0 Å². The SMILES string of the molecule is COCC(c1ccc(N(C)C)cc1)c1ccc(N(C)C)cc1. The van der Waals surface area contributed by atoms with Gasteiger partial charge in [0.15, 0.2) is 0 Å². The molecule has 2 aromatic carbocycles. The van der Waals surface area contributed by atoms with Gasteiger partial charge in [0.05, 0.1) is 6.61 Å². The number of methoxy groups -OCH3 is 1. The molecule has 0 aliphatic carbocycles. The molecule has 0 aliphatic heterocycles. The topological polar surface area (TPSA) is 15.7 Å². The molecule has 0 N–H and O–H groups in total. The van der Waals surface area contributed by atoms with Gasteiger partial charge in [0.2, 0.25) is 0 Å². The molecule has 0 amide bonds. The second kappa shape index (κ2) is 7.32. The number of hydrogen-bond donors (Lipinski definition) is 0. The Kier molecular flexibility index (Phi) is 5.45. The molecule has 0 aromatic heterocycles. The first-order valence-electron chi connectivity index (χ1n) is 7.56. The molecule has 2 rings (SSSR count). The van der Waals surface area contributed by atoms with Gasteiger partial charge in [-0.25, -0.2) is 0 Å². The Bertz CT molecular complexity index is 522. The second-order valence-electron chi connectivity index (χ2n) is 5.98. The number of benzene rings is 2. The van der Waals surface area contributed by atoms with E-state index in [1.165, 1.54) is 22.5 Å². The molecule has 22 heavy (non-hydrogen) atoms. The lowest BCUT2D eigenvalue weighted by Crippen LogP contribution is -2.12. The van der Waals surface area contributed by atoms with Crippen molar-refractivity contribution < 1.29 is 4.74 Å². The van der Waals surface area contributed by atoms with E-state index >= 15 is 0 Å². The number of rotatable bonds is 6. The number of ether oxygens (including phenoxy) is 1. The predicted molar refractivity (Wildman–Crippen MR) is 95.3 cm³/mol. The third-order valence-corrected chi connectivity index (χ3v) is 3.96. The van der Waals surface area contributed by atoms with E-state index in [4.69, 9.17) is 4.74 Å². The van der Waals surface area contributed by atoms with Crippen molar-refractivity contribution in [2.45, 2.75) is 5.92 Å². The normalized spacial score (nSPS) is 10.8. The van der Waals surface area contributed by atoms with Crippen molar-refractivity contribution in [3.8, 4) is 0 Å². The zero-order valence-corrected chi connectivity index (χ0v) is 14.2. The summed E-state index contributed by atoms with van der Waals surface area (Å²) in [4.78, 5) is 4.22. The van der Waals surface area contributed by atoms with Gasteiger partial charge in [-0.1, -0.05) is 24.3 Å². The summed E-state index contributed by atoms with van der Waals surface area (Å²) in [6.07, 6.45) is 0. The van der Waals surface area contributed by atoms with Crippen LogP contribution in [0.15, 0.2) is 48.5 Å². The van der Waals surface area contributed by atoms with E-state index < -0.39 is 0 Å². The Morgan fingerprint density at radius 2 is 1.09 bits per heavy atom. The fourth-order valence-corrected chi connectivity index (χ4v) is 2.56. The molecule has 0 radical (unpaired) electrons. The lowest BCUT2D eigenvalue weighted by atomic mass is 9.91. The minimum absolute atomic E-state index is 0.262. The Morgan fingerprint density at radius 1 is 0.727 bits per heavy atom. The Morgan fingerprint density at radius 3 is 1.36 bits per heavy atom. The van der Waals surface area contributed by atoms with Crippen molar-refractivity contribution in [1.29, 1.82) is 0 Å². The summed E-state index contributed by atoms with van der Waals surface area (Å²) in [5.41, 5.74) is 4.99. The smallest absolute Gasteiger partial charge is 0.0571 e. The van der Waals surface area contributed by atoms with Gasteiger partial charge in [0.25, 0.3) is 0 Å². The third-order valence-electron chi connectivity index (χ3n) is 3.96. The van der Waals surface area contributed by atoms with Gasteiger partial charge in [-0.05, 0) is 35.4 Å². The summed E-state index contributed by atoms with van der Waals surface area (Å²) in [5.74, 6) is 0.262. The molecule has 118 valence electrons. The van der Waals surface area contributed by atoms with Crippen molar-refractivity contribution in [1.82, 2.24) is 0 Å². The predicted octanol–water partition coefficient (Wildman–Crippen LogP) is 3.60. The van der Waals surface area contributed by atoms with Gasteiger partial charge < -0.3 is 14.5 Å². The molecule has 0 heterocycles. The van der Waals surface area contributed by atoms with Crippen LogP contribution in [0.25, 0.3) is 0 Å². The zero-order chi connectivity index (χ0) is 16.1. The Hall–Kier alpha value is -2.00. The first-order chi connectivity index (χ1) is 10.5. The zero-order valence-electron chi connectivity index (χ0n) is 14.2. The van der Waals surface area contributed by atoms with Crippen molar-refractivity contribution in [2.75, 3.05) is 51.7 Å². The van der Waals surface area contributed by atoms with Crippen molar-refractivity contribution >= 4 is 11.4 Å². The maximum Gasteiger partial charge on any atom is 0.0571 e. The molecule has 3 nitrogen and oxygen atoms in total. The Labute approximate surface area is 134 Å². The largest absolute Gasteiger partial charge is 0.384 e. The molecule has 2 aromatic rings. The van der Waals surface area contributed by atoms with E-state index in [2.05, 4.69) is 86.5 Å². The average Bonchev–Trinajstić information content (AvgIpc) is 2.53. The van der Waals surface area contributed by atoms with Crippen molar-refractivity contribution in [2.24, 2.45) is 0 Å². The van der Waals surface area contributed by atoms with Crippen LogP contribution in [0.4, 0.5) is 11.4 Å². The van der Waals surface area contributed by atoms with Crippen LogP contribution in [0.1, 0.15) is 17.0 Å². The Balaban J connectivity index is 2.28. The molecule has 0 saturated heterocycles. The molecule has 3 heteroatoms. The maximum absolute atomic E-state index is 5.45. The van der Waals surface area contributed by atoms with E-state index in [0.29, 0.717) is 6.61 Å². The lowest BCUT2D eigenvalue weighted by molar-refractivity contribution is 0.189. The molecule has 0 atom stereocenters. The monoisotopic (exact) mass is 298 g/mol. The highest BCUT2D eigenvalue weighted by molar-refractivity contribution is 5.50. The first kappa shape index (κ1) is 16.4. The number of nitrogens with zero attached hydrogens (tertiary/aromatic N) is 2. The van der Waals surface area contributed by atoms with E-state index in [-0.39, 0.29) is 5.92 Å². The van der Waals surface area contributed by atoms with Crippen LogP contribution < -0.4 is 9.80 Å². The average molecular weight is 298 g/mol. The van der Waals surface area contributed by atoms with Gasteiger partial charge in [-0.15, -0.1) is 0 Å². The summed E-state index contributed by atoms with van der Waals surface area (Å²) in [7, 11) is 9.99. The molecule has 0 saturated carbocycles. The minimum atomic E-state index is 0.262. The summed E-state index contributed by atoms with van der Waals surface area (Å²) < 4.78 is 5.45. The fourth-order valence-electron chi connectivity index (χ4n) is 2.56. The highest BCUT2D eigenvalue weighted by Gasteiger charge is 2.14. The van der Waals surface area contributed by atoms with Crippen LogP contribution >= 0.6 is 0 Å². The van der Waals surface area contributed by atoms with Crippen LogP contribution in [0, 0.1) is 0 Å². The molecule has 0 unspecified atom stereocenters. The van der Waals surface area contributed by atoms with E-state index in [1.54, 1.807) is 7.11 Å². The number of hydrogen-bond acceptors (Lipinski definition) is 3. The van der Waals surface area contributed by atoms with Crippen LogP contribution in [0.5, 0.6) is 0 Å². The van der Waals surface area contributed by atoms with Crippen molar-refractivity contribution in [3.63, 3.8) is 0 Å². The van der Waals surface area contributed by atoms with E-state index in [9.17, 15) is 0 Å². The summed E-state index contributed by atoms with van der Waals surface area (Å²) >= 11 is 0. The molecule has 0 bridgehead atoms. The molecule has 0 spiro atoms. The minimum Gasteiger partial charge on any atom is -0.384 e. The van der Waals surface area contributed by atoms with E-state index in [1.807, 2.05) is 0 Å². The van der Waals surface area contributed by atoms with E-state index in [0.717, 1.165) is 0 Å². The quantitative estimate of drug-likeness (QED) is 0.810. The van der Waals surface area contributed by atoms with Gasteiger partial charge >= 0.3 is 0 Å². The van der Waals surface area contributed by atoms with Crippen LogP contribution in [0.2, 0.25) is 0 Å². The second-order valence-corrected chi connectivity index (χ2v) is 5.98. The van der Waals surface area contributed by atoms with Gasteiger partial charge in [0, 0.05) is 52.6 Å². The number of anilines is 2. The molecular weight excluding hydrogens is 272 g/mol. The molecule has 0 fully saturated rings. The van der Waals surface area contributed by atoms with Crippen LogP contribution in [-0.4, -0.2) is 41.9 Å². The summed E-state index contributed by atoms with van der Waals surface area (Å²) in [5, 5.41) is 0. The third kappa shape index (κ3) is 3.80. The summed E-state index contributed by atoms with van der Waals surface area (Å²) in [6.45, 7) is 0.683. The van der Waals surface area contributed by atoms with Gasteiger partial charge in [0.1, 0.15) is 0 Å². The molecular formula is C19H26N2O. The standard InChI is InChI=1S/C19H26N2O/c1-20(2)17-10-6-15(7-11-17)19(14-22-5)16-8-12-18(13-9-16)21(3)4/h6-13,19H,14H2,1-5H3. The highest BCUT2D eigenvalue weighted by Crippen LogP contribution is 2.28. The van der Waals surface area contributed by atoms with Crippen LogP contribution in [-0.2, 0) is 4.74 Å². The fraction of sp³-hybridized carbons (Fsp3) is 0.368. The first-order valence-corrected chi connectivity index (χ1v) is 7.56. The van der Waals surface area contributed by atoms with Gasteiger partial charge in [-0.3, -0.25) is 0 Å². The highest BCUT2D eigenvalue weighted by atomic mass is 16.5. The lowest BCUT2D eigenvalue weighted by Gasteiger charge is -2.20. The molecule has 0 aliphatic rings.